The zero-order valence-corrected chi connectivity index (χ0v) is 16.6. The summed E-state index contributed by atoms with van der Waals surface area (Å²) in [7, 11) is 1.29. The smallest absolute Gasteiger partial charge is 0.416 e. The lowest BCUT2D eigenvalue weighted by molar-refractivity contribution is -0.256. The highest BCUT2D eigenvalue weighted by atomic mass is 19.4. The van der Waals surface area contributed by atoms with Gasteiger partial charge in [0, 0.05) is 0 Å². The molecule has 0 amide bonds. The minimum absolute atomic E-state index is 0.0666. The average Bonchev–Trinajstić information content (AvgIpc) is 2.69. The van der Waals surface area contributed by atoms with E-state index in [0.717, 1.165) is 11.6 Å². The molecule has 0 fully saturated rings. The number of hydrogen-bond donors (Lipinski definition) is 2. The molecule has 0 unspecified atom stereocenters. The molecule has 0 saturated carbocycles. The maximum absolute atomic E-state index is 12.5. The van der Waals surface area contributed by atoms with Crippen molar-refractivity contribution in [2.45, 2.75) is 44.3 Å². The van der Waals surface area contributed by atoms with Crippen LogP contribution in [0, 0.1) is 11.6 Å². The third-order valence-electron chi connectivity index (χ3n) is 4.13. The van der Waals surface area contributed by atoms with Gasteiger partial charge in [-0.3, -0.25) is 0 Å². The molecule has 9 heteroatoms. The van der Waals surface area contributed by atoms with Crippen LogP contribution in [-0.4, -0.2) is 41.8 Å². The Labute approximate surface area is 171 Å². The van der Waals surface area contributed by atoms with E-state index in [9.17, 15) is 32.2 Å². The van der Waals surface area contributed by atoms with E-state index in [2.05, 4.69) is 4.74 Å². The van der Waals surface area contributed by atoms with Gasteiger partial charge in [-0.2, -0.15) is 17.6 Å². The highest BCUT2D eigenvalue weighted by Crippen LogP contribution is 2.33. The Morgan fingerprint density at radius 1 is 1.00 bits per heavy atom. The second kappa shape index (κ2) is 11.8. The van der Waals surface area contributed by atoms with Crippen LogP contribution < -0.4 is 4.74 Å². The quantitative estimate of drug-likeness (QED) is 0.593. The van der Waals surface area contributed by atoms with Gasteiger partial charge in [-0.05, 0) is 37.5 Å². The fourth-order valence-electron chi connectivity index (χ4n) is 2.20. The summed E-state index contributed by atoms with van der Waals surface area (Å²) in [5.74, 6) is -1.90. The maximum Gasteiger partial charge on any atom is 0.416 e. The third-order valence-corrected chi connectivity index (χ3v) is 4.13. The molecule has 0 heterocycles. The largest absolute Gasteiger partial charge is 0.494 e. The van der Waals surface area contributed by atoms with Gasteiger partial charge in [0.2, 0.25) is 5.82 Å². The van der Waals surface area contributed by atoms with Crippen LogP contribution in [0.5, 0.6) is 5.75 Å². The van der Waals surface area contributed by atoms with Crippen molar-refractivity contribution in [3.05, 3.63) is 65.7 Å². The summed E-state index contributed by atoms with van der Waals surface area (Å²) in [5.41, 5.74) is -1.87. The molecule has 0 saturated heterocycles. The summed E-state index contributed by atoms with van der Waals surface area (Å²) in [4.78, 5) is 0. The third kappa shape index (κ3) is 8.64. The van der Waals surface area contributed by atoms with Gasteiger partial charge in [0.15, 0.2) is 17.2 Å². The SMILES string of the molecule is COc1cccc(F)c1F.C[C@@](O)(CC[C@H](O)COCc1ccccc1)C(F)(F)F. The van der Waals surface area contributed by atoms with E-state index < -0.39 is 35.9 Å². The molecule has 2 rings (SSSR count). The lowest BCUT2D eigenvalue weighted by Crippen LogP contribution is -2.42. The molecule has 2 aromatic rings. The first kappa shape index (κ1) is 25.8. The molecule has 2 aromatic carbocycles. The molecule has 2 atom stereocenters. The summed E-state index contributed by atoms with van der Waals surface area (Å²) >= 11 is 0. The van der Waals surface area contributed by atoms with Crippen molar-refractivity contribution < 1.29 is 41.6 Å². The first-order valence-corrected chi connectivity index (χ1v) is 9.04. The second-order valence-electron chi connectivity index (χ2n) is 6.72. The standard InChI is InChI=1S/C14H19F3O3.C7H6F2O/c1-13(19,14(15,16)17)8-7-12(18)10-20-9-11-5-3-2-4-6-11;1-10-6-4-2-3-5(8)7(6)9/h2-6,12,18-19H,7-10H2,1H3;2-4H,1H3/t12-,13+;/m0./s1. The monoisotopic (exact) mass is 436 g/mol. The highest BCUT2D eigenvalue weighted by molar-refractivity contribution is 5.24. The first-order chi connectivity index (χ1) is 14.0. The molecule has 0 aliphatic carbocycles. The lowest BCUT2D eigenvalue weighted by Gasteiger charge is -2.27. The fourth-order valence-corrected chi connectivity index (χ4v) is 2.20. The molecule has 0 aliphatic rings. The topological polar surface area (TPSA) is 58.9 Å². The molecule has 0 radical (unpaired) electrons. The zero-order chi connectivity index (χ0) is 22.8. The van der Waals surface area contributed by atoms with Gasteiger partial charge in [0.25, 0.3) is 0 Å². The zero-order valence-electron chi connectivity index (χ0n) is 16.6. The molecule has 4 nitrogen and oxygen atoms in total. The highest BCUT2D eigenvalue weighted by Gasteiger charge is 2.49. The normalized spacial score (nSPS) is 14.3. The Morgan fingerprint density at radius 2 is 1.63 bits per heavy atom. The molecule has 0 bridgehead atoms. The molecule has 0 spiro atoms. The van der Waals surface area contributed by atoms with Crippen LogP contribution >= 0.6 is 0 Å². The summed E-state index contributed by atoms with van der Waals surface area (Å²) < 4.78 is 71.7. The Kier molecular flexibility index (Phi) is 10.2. The van der Waals surface area contributed by atoms with Crippen molar-refractivity contribution in [1.82, 2.24) is 0 Å². The van der Waals surface area contributed by atoms with Crippen LogP contribution in [0.2, 0.25) is 0 Å². The summed E-state index contributed by atoms with van der Waals surface area (Å²) in [6, 6.07) is 13.0. The lowest BCUT2D eigenvalue weighted by atomic mass is 9.97. The number of ether oxygens (including phenoxy) is 2. The minimum atomic E-state index is -4.70. The van der Waals surface area contributed by atoms with E-state index >= 15 is 0 Å². The Hall–Kier alpha value is -2.23. The molecule has 2 N–H and O–H groups in total. The predicted molar refractivity (Wildman–Crippen MR) is 101 cm³/mol. The van der Waals surface area contributed by atoms with Crippen LogP contribution in [0.3, 0.4) is 0 Å². The van der Waals surface area contributed by atoms with E-state index in [1.807, 2.05) is 30.3 Å². The second-order valence-corrected chi connectivity index (χ2v) is 6.72. The van der Waals surface area contributed by atoms with E-state index in [0.29, 0.717) is 6.92 Å². The van der Waals surface area contributed by atoms with E-state index in [1.54, 1.807) is 0 Å². The van der Waals surface area contributed by atoms with Gasteiger partial charge in [0.1, 0.15) is 0 Å². The van der Waals surface area contributed by atoms with Gasteiger partial charge < -0.3 is 19.7 Å². The molecule has 0 aliphatic heterocycles. The van der Waals surface area contributed by atoms with Gasteiger partial charge in [0.05, 0.1) is 26.4 Å². The molecular formula is C21H25F5O4. The van der Waals surface area contributed by atoms with Crippen molar-refractivity contribution >= 4 is 0 Å². The van der Waals surface area contributed by atoms with Crippen molar-refractivity contribution in [3.8, 4) is 5.75 Å². The summed E-state index contributed by atoms with van der Waals surface area (Å²) in [6.45, 7) is 0.918. The van der Waals surface area contributed by atoms with Gasteiger partial charge in [-0.25, -0.2) is 4.39 Å². The van der Waals surface area contributed by atoms with Crippen LogP contribution in [0.4, 0.5) is 22.0 Å². The average molecular weight is 436 g/mol. The molecule has 30 heavy (non-hydrogen) atoms. The minimum Gasteiger partial charge on any atom is -0.494 e. The number of hydrogen-bond acceptors (Lipinski definition) is 4. The summed E-state index contributed by atoms with van der Waals surface area (Å²) in [5, 5.41) is 18.8. The van der Waals surface area contributed by atoms with Crippen LogP contribution in [0.1, 0.15) is 25.3 Å². The Balaban J connectivity index is 0.000000375. The number of methoxy groups -OCH3 is 1. The summed E-state index contributed by atoms with van der Waals surface area (Å²) in [6.07, 6.45) is -6.47. The van der Waals surface area contributed by atoms with E-state index in [1.165, 1.54) is 19.2 Å². The van der Waals surface area contributed by atoms with Crippen molar-refractivity contribution in [2.75, 3.05) is 13.7 Å². The first-order valence-electron chi connectivity index (χ1n) is 9.04. The van der Waals surface area contributed by atoms with E-state index in [4.69, 9.17) is 4.74 Å². The molecular weight excluding hydrogens is 411 g/mol. The van der Waals surface area contributed by atoms with Crippen LogP contribution in [0.15, 0.2) is 48.5 Å². The molecule has 168 valence electrons. The maximum atomic E-state index is 12.5. The predicted octanol–water partition coefficient (Wildman–Crippen LogP) is 4.63. The van der Waals surface area contributed by atoms with Gasteiger partial charge in [-0.1, -0.05) is 36.4 Å². The molecule has 0 aromatic heterocycles. The number of alkyl halides is 3. The fraction of sp³-hybridized carbons (Fsp3) is 0.429. The van der Waals surface area contributed by atoms with Crippen molar-refractivity contribution in [1.29, 1.82) is 0 Å². The van der Waals surface area contributed by atoms with Crippen molar-refractivity contribution in [2.24, 2.45) is 0 Å². The number of aliphatic hydroxyl groups excluding tert-OH is 1. The van der Waals surface area contributed by atoms with Crippen LogP contribution in [-0.2, 0) is 11.3 Å². The number of rotatable bonds is 8. The van der Waals surface area contributed by atoms with Gasteiger partial charge in [-0.15, -0.1) is 0 Å². The Bertz CT molecular complexity index is 751. The van der Waals surface area contributed by atoms with Crippen molar-refractivity contribution in [3.63, 3.8) is 0 Å². The number of halogens is 5. The number of aliphatic hydroxyl groups is 2. The van der Waals surface area contributed by atoms with Crippen LogP contribution in [0.25, 0.3) is 0 Å². The number of benzene rings is 2. The van der Waals surface area contributed by atoms with Gasteiger partial charge >= 0.3 is 6.18 Å². The van der Waals surface area contributed by atoms with E-state index in [-0.39, 0.29) is 25.4 Å². The Morgan fingerprint density at radius 3 is 2.17 bits per heavy atom.